The Bertz CT molecular complexity index is 1040. The summed E-state index contributed by atoms with van der Waals surface area (Å²) in [6.45, 7) is 0.735. The summed E-state index contributed by atoms with van der Waals surface area (Å²) in [6.07, 6.45) is 1.76. The van der Waals surface area contributed by atoms with Gasteiger partial charge in [0.25, 0.3) is 5.91 Å². The normalized spacial score (nSPS) is 15.2. The molecule has 0 aliphatic carbocycles. The Kier molecular flexibility index (Phi) is 3.86. The van der Waals surface area contributed by atoms with E-state index in [4.69, 9.17) is 0 Å². The fourth-order valence-electron chi connectivity index (χ4n) is 2.87. The molecule has 0 radical (unpaired) electrons. The molecule has 130 valence electrons. The number of aromatic amines is 1. The van der Waals surface area contributed by atoms with Gasteiger partial charge >= 0.3 is 0 Å². The zero-order valence-corrected chi connectivity index (χ0v) is 15.1. The summed E-state index contributed by atoms with van der Waals surface area (Å²) in [5.41, 5.74) is 2.22. The minimum absolute atomic E-state index is 0.262. The highest BCUT2D eigenvalue weighted by Crippen LogP contribution is 2.29. The van der Waals surface area contributed by atoms with Gasteiger partial charge in [-0.25, -0.2) is 13.4 Å². The van der Waals surface area contributed by atoms with E-state index in [0.29, 0.717) is 30.3 Å². The monoisotopic (exact) mass is 376 g/mol. The second kappa shape index (κ2) is 5.94. The Hall–Kier alpha value is -2.23. The Morgan fingerprint density at radius 1 is 1.36 bits per heavy atom. The van der Waals surface area contributed by atoms with Gasteiger partial charge in [-0.15, -0.1) is 11.3 Å². The second-order valence-corrected chi connectivity index (χ2v) is 9.03. The van der Waals surface area contributed by atoms with E-state index in [9.17, 15) is 13.2 Å². The fraction of sp³-hybridized carbons (Fsp3) is 0.250. The van der Waals surface area contributed by atoms with Gasteiger partial charge in [0.1, 0.15) is 5.69 Å². The lowest BCUT2D eigenvalue weighted by Crippen LogP contribution is -2.34. The first-order chi connectivity index (χ1) is 11.9. The van der Waals surface area contributed by atoms with Crippen LogP contribution in [0, 0.1) is 0 Å². The average Bonchev–Trinajstić information content (AvgIpc) is 3.16. The maximum atomic E-state index is 12.4. The summed E-state index contributed by atoms with van der Waals surface area (Å²) in [6, 6.07) is 9.46. The third kappa shape index (κ3) is 3.17. The van der Waals surface area contributed by atoms with Crippen molar-refractivity contribution in [2.75, 3.05) is 18.1 Å². The van der Waals surface area contributed by atoms with Crippen LogP contribution in [0.4, 0.5) is 5.13 Å². The topological polar surface area (TPSA) is 95.2 Å². The summed E-state index contributed by atoms with van der Waals surface area (Å²) < 4.78 is 24.8. The number of carbonyl (C=O) groups excluding carboxylic acids is 1. The van der Waals surface area contributed by atoms with Gasteiger partial charge in [0.2, 0.25) is 10.0 Å². The number of benzene rings is 1. The Labute approximate surface area is 148 Å². The van der Waals surface area contributed by atoms with Crippen LogP contribution < -0.4 is 5.32 Å². The van der Waals surface area contributed by atoms with Crippen molar-refractivity contribution in [1.82, 2.24) is 14.3 Å². The van der Waals surface area contributed by atoms with Crippen LogP contribution in [-0.2, 0) is 23.0 Å². The molecule has 0 saturated carbocycles. The molecular weight excluding hydrogens is 360 g/mol. The number of fused-ring (bicyclic) bond motifs is 2. The van der Waals surface area contributed by atoms with Crippen LogP contribution in [0.3, 0.4) is 0 Å². The van der Waals surface area contributed by atoms with Crippen molar-refractivity contribution in [1.29, 1.82) is 0 Å². The van der Waals surface area contributed by atoms with E-state index in [1.807, 2.05) is 24.3 Å². The molecule has 0 unspecified atom stereocenters. The summed E-state index contributed by atoms with van der Waals surface area (Å²) in [7, 11) is -3.22. The van der Waals surface area contributed by atoms with Crippen LogP contribution in [-0.4, -0.2) is 41.4 Å². The van der Waals surface area contributed by atoms with Crippen LogP contribution in [0.15, 0.2) is 30.3 Å². The first-order valence-electron chi connectivity index (χ1n) is 7.73. The number of para-hydroxylation sites is 1. The van der Waals surface area contributed by atoms with Crippen LogP contribution in [0.1, 0.15) is 21.1 Å². The van der Waals surface area contributed by atoms with E-state index in [1.54, 1.807) is 6.07 Å². The minimum atomic E-state index is -3.22. The molecule has 2 aromatic heterocycles. The minimum Gasteiger partial charge on any atom is -0.351 e. The maximum Gasteiger partial charge on any atom is 0.273 e. The van der Waals surface area contributed by atoms with Crippen molar-refractivity contribution in [2.24, 2.45) is 0 Å². The number of hydrogen-bond acceptors (Lipinski definition) is 5. The van der Waals surface area contributed by atoms with E-state index in [2.05, 4.69) is 15.3 Å². The van der Waals surface area contributed by atoms with Crippen molar-refractivity contribution in [3.8, 4) is 0 Å². The van der Waals surface area contributed by atoms with Gasteiger partial charge in [0.05, 0.1) is 11.9 Å². The molecule has 4 rings (SSSR count). The van der Waals surface area contributed by atoms with E-state index in [0.717, 1.165) is 21.5 Å². The third-order valence-corrected chi connectivity index (χ3v) is 6.41. The van der Waals surface area contributed by atoms with E-state index >= 15 is 0 Å². The second-order valence-electron chi connectivity index (χ2n) is 5.96. The van der Waals surface area contributed by atoms with Crippen molar-refractivity contribution < 1.29 is 13.2 Å². The molecule has 0 atom stereocenters. The van der Waals surface area contributed by atoms with Gasteiger partial charge in [-0.05, 0) is 12.1 Å². The molecule has 1 aromatic carbocycles. The number of anilines is 1. The number of H-pyrrole nitrogens is 1. The largest absolute Gasteiger partial charge is 0.351 e. The van der Waals surface area contributed by atoms with Gasteiger partial charge in [0.15, 0.2) is 5.13 Å². The van der Waals surface area contributed by atoms with E-state index < -0.39 is 10.0 Å². The zero-order valence-electron chi connectivity index (χ0n) is 13.4. The highest BCUT2D eigenvalue weighted by Gasteiger charge is 2.26. The van der Waals surface area contributed by atoms with Crippen LogP contribution in [0.25, 0.3) is 10.9 Å². The fourth-order valence-corrected chi connectivity index (χ4v) is 4.76. The van der Waals surface area contributed by atoms with Crippen molar-refractivity contribution in [3.63, 3.8) is 0 Å². The molecule has 3 aromatic rings. The standard InChI is InChI=1S/C16H16N4O3S2/c1-25(22,23)20-7-6-12-14(9-20)24-16(18-12)19-15(21)13-8-10-4-2-3-5-11(10)17-13/h2-5,8,17H,6-7,9H2,1H3,(H,18,19,21). The highest BCUT2D eigenvalue weighted by atomic mass is 32.2. The number of rotatable bonds is 3. The number of nitrogens with zero attached hydrogens (tertiary/aromatic N) is 2. The van der Waals surface area contributed by atoms with E-state index in [1.165, 1.54) is 21.9 Å². The summed E-state index contributed by atoms with van der Waals surface area (Å²) in [4.78, 5) is 20.8. The maximum absolute atomic E-state index is 12.4. The summed E-state index contributed by atoms with van der Waals surface area (Å²) in [5, 5.41) is 4.26. The predicted molar refractivity (Wildman–Crippen MR) is 97.3 cm³/mol. The molecule has 1 amide bonds. The molecule has 3 heterocycles. The Balaban J connectivity index is 1.54. The number of hydrogen-bond donors (Lipinski definition) is 2. The van der Waals surface area contributed by atoms with Gasteiger partial charge < -0.3 is 4.98 Å². The molecule has 0 bridgehead atoms. The smallest absolute Gasteiger partial charge is 0.273 e. The van der Waals surface area contributed by atoms with Gasteiger partial charge in [-0.3, -0.25) is 10.1 Å². The SMILES string of the molecule is CS(=O)(=O)N1CCc2nc(NC(=O)c3cc4ccccc4[nH]3)sc2C1. The number of nitrogens with one attached hydrogen (secondary N) is 2. The molecule has 1 aliphatic heterocycles. The predicted octanol–water partition coefficient (Wildman–Crippen LogP) is 2.19. The number of sulfonamides is 1. The lowest BCUT2D eigenvalue weighted by Gasteiger charge is -2.23. The first kappa shape index (κ1) is 16.2. The molecule has 0 spiro atoms. The molecule has 0 saturated heterocycles. The van der Waals surface area contributed by atoms with Crippen molar-refractivity contribution in [3.05, 3.63) is 46.6 Å². The first-order valence-corrected chi connectivity index (χ1v) is 10.4. The number of amides is 1. The van der Waals surface area contributed by atoms with Gasteiger partial charge in [-0.1, -0.05) is 18.2 Å². The molecule has 2 N–H and O–H groups in total. The van der Waals surface area contributed by atoms with Crippen molar-refractivity contribution >= 4 is 43.3 Å². The lowest BCUT2D eigenvalue weighted by atomic mass is 10.2. The summed E-state index contributed by atoms with van der Waals surface area (Å²) >= 11 is 1.32. The molecule has 1 aliphatic rings. The van der Waals surface area contributed by atoms with Crippen LogP contribution in [0.2, 0.25) is 0 Å². The van der Waals surface area contributed by atoms with Crippen molar-refractivity contribution in [2.45, 2.75) is 13.0 Å². The molecule has 0 fully saturated rings. The van der Waals surface area contributed by atoms with Crippen LogP contribution in [0.5, 0.6) is 0 Å². The zero-order chi connectivity index (χ0) is 17.6. The Morgan fingerprint density at radius 2 is 2.16 bits per heavy atom. The highest BCUT2D eigenvalue weighted by molar-refractivity contribution is 7.88. The lowest BCUT2D eigenvalue weighted by molar-refractivity contribution is 0.102. The molecular formula is C16H16N4O3S2. The number of carbonyl (C=O) groups is 1. The van der Waals surface area contributed by atoms with E-state index in [-0.39, 0.29) is 5.91 Å². The van der Waals surface area contributed by atoms with Gasteiger partial charge in [-0.2, -0.15) is 4.31 Å². The number of aromatic nitrogens is 2. The molecule has 9 heteroatoms. The quantitative estimate of drug-likeness (QED) is 0.732. The average molecular weight is 376 g/mol. The number of thiazole rings is 1. The molecule has 25 heavy (non-hydrogen) atoms. The Morgan fingerprint density at radius 3 is 2.92 bits per heavy atom. The van der Waals surface area contributed by atoms with Gasteiger partial charge in [0, 0.05) is 35.3 Å². The third-order valence-electron chi connectivity index (χ3n) is 4.16. The van der Waals surface area contributed by atoms with Crippen LogP contribution >= 0.6 is 11.3 Å². The molecule has 7 nitrogen and oxygen atoms in total. The summed E-state index contributed by atoms with van der Waals surface area (Å²) in [5.74, 6) is -0.262.